The summed E-state index contributed by atoms with van der Waals surface area (Å²) in [6, 6.07) is 25.5. The van der Waals surface area contributed by atoms with Crippen molar-refractivity contribution < 1.29 is 0 Å². The highest BCUT2D eigenvalue weighted by atomic mass is 32.2. The molecule has 4 heteroatoms. The van der Waals surface area contributed by atoms with Crippen molar-refractivity contribution in [2.24, 2.45) is 5.73 Å². The van der Waals surface area contributed by atoms with Crippen molar-refractivity contribution in [3.05, 3.63) is 118 Å². The molecule has 180 valence electrons. The Morgan fingerprint density at radius 1 is 1.03 bits per heavy atom. The first-order valence-electron chi connectivity index (χ1n) is 12.3. The first-order valence-corrected chi connectivity index (χ1v) is 13.1. The van der Waals surface area contributed by atoms with E-state index in [4.69, 9.17) is 11.1 Å². The number of nitrogens with zero attached hydrogens (tertiary/aromatic N) is 1. The van der Waals surface area contributed by atoms with Gasteiger partial charge in [-0.05, 0) is 72.9 Å². The molecule has 0 saturated carbocycles. The highest BCUT2D eigenvalue weighted by molar-refractivity contribution is 8.03. The van der Waals surface area contributed by atoms with Gasteiger partial charge in [0.15, 0.2) is 0 Å². The summed E-state index contributed by atoms with van der Waals surface area (Å²) < 4.78 is 0. The van der Waals surface area contributed by atoms with Crippen molar-refractivity contribution in [2.45, 2.75) is 43.9 Å². The molecule has 0 atom stereocenters. The number of nitrogen functional groups attached to an aromatic ring is 1. The Balaban J connectivity index is 1.41. The van der Waals surface area contributed by atoms with Crippen molar-refractivity contribution >= 4 is 23.2 Å². The van der Waals surface area contributed by atoms with E-state index in [0.29, 0.717) is 5.92 Å². The van der Waals surface area contributed by atoms with Crippen molar-refractivity contribution in [3.63, 3.8) is 0 Å². The molecule has 0 spiro atoms. The summed E-state index contributed by atoms with van der Waals surface area (Å²) in [5.41, 5.74) is 12.5. The predicted molar refractivity (Wildman–Crippen MR) is 151 cm³/mol. The van der Waals surface area contributed by atoms with Crippen LogP contribution in [0.25, 0.3) is 5.57 Å². The second-order valence-corrected chi connectivity index (χ2v) is 10.3. The zero-order valence-corrected chi connectivity index (χ0v) is 21.6. The molecule has 1 saturated heterocycles. The lowest BCUT2D eigenvalue weighted by atomic mass is 9.90. The average Bonchev–Trinajstić information content (AvgIpc) is 2.89. The minimum absolute atomic E-state index is 0.0969. The summed E-state index contributed by atoms with van der Waals surface area (Å²) in [7, 11) is 0. The third-order valence-corrected chi connectivity index (χ3v) is 8.18. The molecule has 1 heterocycles. The van der Waals surface area contributed by atoms with Gasteiger partial charge >= 0.3 is 0 Å². The van der Waals surface area contributed by atoms with Gasteiger partial charge in [-0.3, -0.25) is 5.41 Å². The zero-order chi connectivity index (χ0) is 24.8. The predicted octanol–water partition coefficient (Wildman–Crippen LogP) is 7.37. The number of nitrogens with two attached hydrogens (primary N) is 1. The van der Waals surface area contributed by atoms with Gasteiger partial charge in [0.1, 0.15) is 5.84 Å². The summed E-state index contributed by atoms with van der Waals surface area (Å²) in [4.78, 5) is 3.83. The Morgan fingerprint density at radius 3 is 2.31 bits per heavy atom. The van der Waals surface area contributed by atoms with Crippen LogP contribution in [-0.4, -0.2) is 23.8 Å². The van der Waals surface area contributed by atoms with Crippen LogP contribution >= 0.6 is 11.8 Å². The van der Waals surface area contributed by atoms with Crippen LogP contribution in [0, 0.1) is 12.3 Å². The number of hydrogen-bond acceptors (Lipinski definition) is 3. The van der Waals surface area contributed by atoms with E-state index in [1.807, 2.05) is 36.0 Å². The molecule has 3 nitrogen and oxygen atoms in total. The number of allylic oxidation sites excluding steroid dienone is 2. The standard InChI is InChI=1S/C31H35N3S/c1-4-30(34-18-16-26(17-19-34)25-8-6-5-7-9-25)35-29-21-28(13-10-22(29)2)23(3)20-24-11-14-27(15-12-24)31(32)33/h4-15,21,26H,3,16-20H2,1-2H3,(H3,32,33). The summed E-state index contributed by atoms with van der Waals surface area (Å²) in [6.45, 7) is 10.9. The van der Waals surface area contributed by atoms with Crippen molar-refractivity contribution in [1.82, 2.24) is 4.90 Å². The second-order valence-electron chi connectivity index (χ2n) is 9.27. The largest absolute Gasteiger partial charge is 0.384 e. The fourth-order valence-corrected chi connectivity index (χ4v) is 5.73. The summed E-state index contributed by atoms with van der Waals surface area (Å²) >= 11 is 1.87. The van der Waals surface area contributed by atoms with Crippen molar-refractivity contribution in [2.75, 3.05) is 13.1 Å². The average molecular weight is 482 g/mol. The molecule has 0 amide bonds. The Hall–Kier alpha value is -3.24. The molecule has 0 unspecified atom stereocenters. The Kier molecular flexibility index (Phi) is 8.14. The molecule has 1 fully saturated rings. The zero-order valence-electron chi connectivity index (χ0n) is 20.8. The van der Waals surface area contributed by atoms with E-state index in [1.54, 1.807) is 0 Å². The van der Waals surface area contributed by atoms with E-state index in [9.17, 15) is 0 Å². The molecule has 3 aromatic rings. The quantitative estimate of drug-likeness (QED) is 0.201. The van der Waals surface area contributed by atoms with Crippen LogP contribution in [0.4, 0.5) is 0 Å². The smallest absolute Gasteiger partial charge is 0.122 e. The van der Waals surface area contributed by atoms with Crippen LogP contribution in [0.5, 0.6) is 0 Å². The molecule has 1 aliphatic heterocycles. The number of aryl methyl sites for hydroxylation is 1. The lowest BCUT2D eigenvalue weighted by molar-refractivity contribution is 0.278. The molecular weight excluding hydrogens is 446 g/mol. The van der Waals surface area contributed by atoms with Gasteiger partial charge in [0.05, 0.1) is 5.03 Å². The fourth-order valence-electron chi connectivity index (χ4n) is 4.66. The Labute approximate surface area is 214 Å². The maximum atomic E-state index is 7.57. The van der Waals surface area contributed by atoms with Crippen LogP contribution in [0.1, 0.15) is 53.5 Å². The van der Waals surface area contributed by atoms with Crippen LogP contribution in [0.2, 0.25) is 0 Å². The first kappa shape index (κ1) is 24.9. The van der Waals surface area contributed by atoms with E-state index in [1.165, 1.54) is 45.0 Å². The second kappa shape index (κ2) is 11.5. The third-order valence-electron chi connectivity index (χ3n) is 6.82. The van der Waals surface area contributed by atoms with Gasteiger partial charge in [0, 0.05) is 23.5 Å². The van der Waals surface area contributed by atoms with Gasteiger partial charge in [0.25, 0.3) is 0 Å². The lowest BCUT2D eigenvalue weighted by Gasteiger charge is -2.35. The number of likely N-dealkylation sites (tertiary alicyclic amines) is 1. The molecule has 0 aromatic heterocycles. The topological polar surface area (TPSA) is 53.1 Å². The number of benzene rings is 3. The van der Waals surface area contributed by atoms with E-state index in [0.717, 1.165) is 30.6 Å². The lowest BCUT2D eigenvalue weighted by Crippen LogP contribution is -2.31. The molecule has 3 N–H and O–H groups in total. The van der Waals surface area contributed by atoms with Crippen molar-refractivity contribution in [1.29, 1.82) is 5.41 Å². The maximum absolute atomic E-state index is 7.57. The summed E-state index contributed by atoms with van der Waals surface area (Å²) in [5, 5.41) is 8.91. The molecule has 35 heavy (non-hydrogen) atoms. The van der Waals surface area contributed by atoms with E-state index >= 15 is 0 Å². The first-order chi connectivity index (χ1) is 16.9. The van der Waals surface area contributed by atoms with E-state index in [2.05, 4.69) is 79.9 Å². The highest BCUT2D eigenvalue weighted by Crippen LogP contribution is 2.37. The summed E-state index contributed by atoms with van der Waals surface area (Å²) in [5.74, 6) is 0.758. The number of amidine groups is 1. The van der Waals surface area contributed by atoms with Gasteiger partial charge in [0.2, 0.25) is 0 Å². The van der Waals surface area contributed by atoms with Gasteiger partial charge in [-0.25, -0.2) is 0 Å². The van der Waals surface area contributed by atoms with E-state index < -0.39 is 0 Å². The van der Waals surface area contributed by atoms with E-state index in [-0.39, 0.29) is 5.84 Å². The van der Waals surface area contributed by atoms with Gasteiger partial charge in [-0.2, -0.15) is 0 Å². The minimum atomic E-state index is 0.0969. The molecule has 1 aliphatic rings. The number of thioether (sulfide) groups is 1. The van der Waals surface area contributed by atoms with Crippen LogP contribution in [-0.2, 0) is 6.42 Å². The molecule has 0 aliphatic carbocycles. The van der Waals surface area contributed by atoms with Crippen LogP contribution in [0.3, 0.4) is 0 Å². The maximum Gasteiger partial charge on any atom is 0.122 e. The Morgan fingerprint density at radius 2 is 1.69 bits per heavy atom. The molecular formula is C31H35N3S. The van der Waals surface area contributed by atoms with Gasteiger partial charge in [-0.15, -0.1) is 0 Å². The SMILES string of the molecule is C=C(Cc1ccc(C(=N)N)cc1)c1ccc(C)c(SC(=CC)N2CCC(c3ccccc3)CC2)c1. The Bertz CT molecular complexity index is 1200. The van der Waals surface area contributed by atoms with Crippen molar-refractivity contribution in [3.8, 4) is 0 Å². The highest BCUT2D eigenvalue weighted by Gasteiger charge is 2.22. The molecule has 0 radical (unpaired) electrons. The minimum Gasteiger partial charge on any atom is -0.384 e. The van der Waals surface area contributed by atoms with Gasteiger partial charge < -0.3 is 10.6 Å². The third kappa shape index (κ3) is 6.26. The van der Waals surface area contributed by atoms with Gasteiger partial charge in [-0.1, -0.05) is 91.1 Å². The number of rotatable bonds is 8. The molecule has 3 aromatic carbocycles. The monoisotopic (exact) mass is 481 g/mol. The van der Waals surface area contributed by atoms with Crippen LogP contribution in [0.15, 0.2) is 95.4 Å². The molecule has 4 rings (SSSR count). The fraction of sp³-hybridized carbons (Fsp3) is 0.258. The number of nitrogens with one attached hydrogen (secondary N) is 1. The van der Waals surface area contributed by atoms with Crippen LogP contribution < -0.4 is 5.73 Å². The molecule has 0 bridgehead atoms. The number of piperidine rings is 1. The summed E-state index contributed by atoms with van der Waals surface area (Å²) in [6.07, 6.45) is 5.42. The number of hydrogen-bond donors (Lipinski definition) is 2. The normalized spacial score (nSPS) is 14.7.